The highest BCUT2D eigenvalue weighted by atomic mass is 79.9. The molecule has 116 valence electrons. The number of benzene rings is 1. The van der Waals surface area contributed by atoms with Crippen LogP contribution in [0.3, 0.4) is 0 Å². The first-order valence-corrected chi connectivity index (χ1v) is 9.35. The van der Waals surface area contributed by atoms with E-state index in [9.17, 15) is 17.6 Å². The standard InChI is InChI=1S/C14H17BrFNO3S/c1-21(19,20)17-6-2-3-10(9-17)7-14(18)12-8-11(16)4-5-13(12)15/h4-5,8,10H,2-3,6-7,9H2,1H3. The summed E-state index contributed by atoms with van der Waals surface area (Å²) in [4.78, 5) is 12.3. The fourth-order valence-electron chi connectivity index (χ4n) is 2.58. The summed E-state index contributed by atoms with van der Waals surface area (Å²) in [5.41, 5.74) is 0.312. The van der Waals surface area contributed by atoms with Gasteiger partial charge in [-0.1, -0.05) is 15.9 Å². The molecule has 7 heteroatoms. The van der Waals surface area contributed by atoms with Gasteiger partial charge in [0, 0.05) is 29.5 Å². The molecule has 0 saturated carbocycles. The zero-order valence-electron chi connectivity index (χ0n) is 11.7. The van der Waals surface area contributed by atoms with Gasteiger partial charge in [-0.05, 0) is 37.0 Å². The van der Waals surface area contributed by atoms with Gasteiger partial charge in [0.05, 0.1) is 6.26 Å². The third kappa shape index (κ3) is 4.34. The highest BCUT2D eigenvalue weighted by Crippen LogP contribution is 2.26. The van der Waals surface area contributed by atoms with E-state index in [1.54, 1.807) is 0 Å². The molecule has 0 radical (unpaired) electrons. The minimum absolute atomic E-state index is 0.0175. The summed E-state index contributed by atoms with van der Waals surface area (Å²) >= 11 is 3.25. The summed E-state index contributed by atoms with van der Waals surface area (Å²) in [5, 5.41) is 0. The Labute approximate surface area is 132 Å². The maximum absolute atomic E-state index is 13.2. The average Bonchev–Trinajstić information content (AvgIpc) is 2.41. The molecule has 21 heavy (non-hydrogen) atoms. The zero-order chi connectivity index (χ0) is 15.6. The van der Waals surface area contributed by atoms with Crippen molar-refractivity contribution < 1.29 is 17.6 Å². The van der Waals surface area contributed by atoms with Crippen molar-refractivity contribution in [1.82, 2.24) is 4.31 Å². The lowest BCUT2D eigenvalue weighted by atomic mass is 9.92. The molecule has 0 bridgehead atoms. The van der Waals surface area contributed by atoms with Crippen molar-refractivity contribution >= 4 is 31.7 Å². The van der Waals surface area contributed by atoms with Crippen molar-refractivity contribution in [2.24, 2.45) is 5.92 Å². The highest BCUT2D eigenvalue weighted by Gasteiger charge is 2.27. The molecule has 1 aromatic rings. The van der Waals surface area contributed by atoms with Crippen molar-refractivity contribution in [2.75, 3.05) is 19.3 Å². The minimum Gasteiger partial charge on any atom is -0.294 e. The predicted molar refractivity (Wildman–Crippen MR) is 82.2 cm³/mol. The Morgan fingerprint density at radius 1 is 1.48 bits per heavy atom. The smallest absolute Gasteiger partial charge is 0.211 e. The van der Waals surface area contributed by atoms with Crippen LogP contribution in [0.5, 0.6) is 0 Å². The van der Waals surface area contributed by atoms with Gasteiger partial charge in [-0.3, -0.25) is 4.79 Å². The molecule has 1 heterocycles. The van der Waals surface area contributed by atoms with E-state index < -0.39 is 15.8 Å². The second kappa shape index (κ2) is 6.54. The van der Waals surface area contributed by atoms with Crippen LogP contribution in [0.1, 0.15) is 29.6 Å². The van der Waals surface area contributed by atoms with Crippen LogP contribution >= 0.6 is 15.9 Å². The van der Waals surface area contributed by atoms with E-state index in [-0.39, 0.29) is 18.1 Å². The van der Waals surface area contributed by atoms with Crippen molar-refractivity contribution in [1.29, 1.82) is 0 Å². The SMILES string of the molecule is CS(=O)(=O)N1CCCC(CC(=O)c2cc(F)ccc2Br)C1. The Kier molecular flexibility index (Phi) is 5.16. The van der Waals surface area contributed by atoms with Crippen LogP contribution in [-0.2, 0) is 10.0 Å². The summed E-state index contributed by atoms with van der Waals surface area (Å²) < 4.78 is 38.4. The predicted octanol–water partition coefficient (Wildman–Crippen LogP) is 2.83. The molecule has 1 aliphatic heterocycles. The van der Waals surface area contributed by atoms with Crippen molar-refractivity contribution in [3.05, 3.63) is 34.1 Å². The average molecular weight is 378 g/mol. The van der Waals surface area contributed by atoms with Crippen LogP contribution < -0.4 is 0 Å². The third-order valence-corrected chi connectivity index (χ3v) is 5.61. The highest BCUT2D eigenvalue weighted by molar-refractivity contribution is 9.10. The largest absolute Gasteiger partial charge is 0.294 e. The molecule has 1 atom stereocenters. The van der Waals surface area contributed by atoms with Crippen molar-refractivity contribution in [3.8, 4) is 0 Å². The molecule has 0 aliphatic carbocycles. The van der Waals surface area contributed by atoms with Gasteiger partial charge in [0.2, 0.25) is 10.0 Å². The maximum atomic E-state index is 13.2. The second-order valence-corrected chi connectivity index (χ2v) is 8.22. The molecule has 1 aliphatic rings. The Hall–Kier alpha value is -0.790. The van der Waals surface area contributed by atoms with E-state index >= 15 is 0 Å². The molecule has 0 aromatic heterocycles. The summed E-state index contributed by atoms with van der Waals surface area (Å²) in [6.07, 6.45) is 2.97. The Morgan fingerprint density at radius 2 is 2.19 bits per heavy atom. The Bertz CT molecular complexity index is 648. The molecule has 1 unspecified atom stereocenters. The number of piperidine rings is 1. The maximum Gasteiger partial charge on any atom is 0.211 e. The number of nitrogens with zero attached hydrogens (tertiary/aromatic N) is 1. The lowest BCUT2D eigenvalue weighted by molar-refractivity contribution is 0.0941. The van der Waals surface area contributed by atoms with E-state index in [1.165, 1.54) is 28.8 Å². The van der Waals surface area contributed by atoms with E-state index in [0.717, 1.165) is 12.8 Å². The number of halogens is 2. The van der Waals surface area contributed by atoms with Crippen LogP contribution in [0.25, 0.3) is 0 Å². The molecule has 0 amide bonds. The molecule has 1 fully saturated rings. The van der Waals surface area contributed by atoms with Gasteiger partial charge >= 0.3 is 0 Å². The van der Waals surface area contributed by atoms with Crippen LogP contribution in [0.4, 0.5) is 4.39 Å². The first-order valence-electron chi connectivity index (χ1n) is 6.71. The van der Waals surface area contributed by atoms with E-state index in [2.05, 4.69) is 15.9 Å². The first-order chi connectivity index (χ1) is 9.77. The molecule has 0 spiro atoms. The Morgan fingerprint density at radius 3 is 2.86 bits per heavy atom. The van der Waals surface area contributed by atoms with E-state index in [1.807, 2.05) is 0 Å². The molecule has 4 nitrogen and oxygen atoms in total. The number of carbonyl (C=O) groups is 1. The topological polar surface area (TPSA) is 54.5 Å². The van der Waals surface area contributed by atoms with Crippen LogP contribution in [0.2, 0.25) is 0 Å². The van der Waals surface area contributed by atoms with Gasteiger partial charge in [-0.25, -0.2) is 17.1 Å². The lowest BCUT2D eigenvalue weighted by Gasteiger charge is -2.30. The fraction of sp³-hybridized carbons (Fsp3) is 0.500. The van der Waals surface area contributed by atoms with Gasteiger partial charge in [-0.15, -0.1) is 0 Å². The number of Topliss-reactive ketones (excluding diaryl/α,β-unsaturated/α-hetero) is 1. The quantitative estimate of drug-likeness (QED) is 0.758. The van der Waals surface area contributed by atoms with Crippen LogP contribution in [0.15, 0.2) is 22.7 Å². The third-order valence-electron chi connectivity index (χ3n) is 3.65. The molecular formula is C14H17BrFNO3S. The number of carbonyl (C=O) groups excluding carboxylic acids is 1. The summed E-state index contributed by atoms with van der Waals surface area (Å²) in [6.45, 7) is 0.866. The van der Waals surface area contributed by atoms with Gasteiger partial charge in [0.25, 0.3) is 0 Å². The number of hydrogen-bond acceptors (Lipinski definition) is 3. The number of sulfonamides is 1. The van der Waals surface area contributed by atoms with Crippen LogP contribution in [-0.4, -0.2) is 37.9 Å². The summed E-state index contributed by atoms with van der Waals surface area (Å²) in [7, 11) is -3.22. The van der Waals surface area contributed by atoms with Gasteiger partial charge in [-0.2, -0.15) is 0 Å². The van der Waals surface area contributed by atoms with Crippen molar-refractivity contribution in [2.45, 2.75) is 19.3 Å². The molecule has 0 N–H and O–H groups in total. The van der Waals surface area contributed by atoms with Gasteiger partial charge in [0.1, 0.15) is 5.82 Å². The lowest BCUT2D eigenvalue weighted by Crippen LogP contribution is -2.39. The minimum atomic E-state index is -3.22. The monoisotopic (exact) mass is 377 g/mol. The zero-order valence-corrected chi connectivity index (χ0v) is 14.1. The number of ketones is 1. The van der Waals surface area contributed by atoms with E-state index in [0.29, 0.717) is 23.1 Å². The van der Waals surface area contributed by atoms with Gasteiger partial charge in [0.15, 0.2) is 5.78 Å². The second-order valence-electron chi connectivity index (χ2n) is 5.38. The van der Waals surface area contributed by atoms with Crippen molar-refractivity contribution in [3.63, 3.8) is 0 Å². The Balaban J connectivity index is 2.07. The summed E-state index contributed by atoms with van der Waals surface area (Å²) in [6, 6.07) is 4.00. The first kappa shape index (κ1) is 16.6. The molecule has 2 rings (SSSR count). The van der Waals surface area contributed by atoms with E-state index in [4.69, 9.17) is 0 Å². The number of hydrogen-bond donors (Lipinski definition) is 0. The van der Waals surface area contributed by atoms with Crippen LogP contribution in [0, 0.1) is 11.7 Å². The molecule has 1 aromatic carbocycles. The summed E-state index contributed by atoms with van der Waals surface area (Å²) in [5.74, 6) is -0.638. The number of rotatable bonds is 4. The molecular weight excluding hydrogens is 361 g/mol. The van der Waals surface area contributed by atoms with Gasteiger partial charge < -0.3 is 0 Å². The molecule has 1 saturated heterocycles. The fourth-order valence-corrected chi connectivity index (χ4v) is 3.99. The normalized spacial score (nSPS) is 20.4.